The van der Waals surface area contributed by atoms with Gasteiger partial charge < -0.3 is 14.7 Å². The number of carboxylic acids is 1. The molecule has 1 aliphatic carbocycles. The molecule has 36 heavy (non-hydrogen) atoms. The van der Waals surface area contributed by atoms with Crippen LogP contribution in [0.1, 0.15) is 34.5 Å². The fraction of sp³-hybridized carbons (Fsp3) is 0.138. The molecule has 1 heterocycles. The molecule has 0 unspecified atom stereocenters. The number of aromatic carboxylic acids is 1. The van der Waals surface area contributed by atoms with E-state index in [1.165, 1.54) is 18.9 Å². The number of rotatable bonds is 9. The summed E-state index contributed by atoms with van der Waals surface area (Å²) in [4.78, 5) is 18.7. The highest BCUT2D eigenvalue weighted by atomic mass is 35.5. The molecular weight excluding hydrogens is 474 g/mol. The Bertz CT molecular complexity index is 1390. The van der Waals surface area contributed by atoms with E-state index in [-0.39, 0.29) is 17.0 Å². The predicted molar refractivity (Wildman–Crippen MR) is 141 cm³/mol. The fourth-order valence-corrected chi connectivity index (χ4v) is 4.06. The molecule has 6 nitrogen and oxygen atoms in total. The van der Waals surface area contributed by atoms with Crippen molar-refractivity contribution in [2.45, 2.75) is 12.8 Å². The smallest absolute Gasteiger partial charge is 0.339 e. The van der Waals surface area contributed by atoms with E-state index in [0.29, 0.717) is 27.9 Å². The van der Waals surface area contributed by atoms with Crippen LogP contribution in [-0.4, -0.2) is 28.3 Å². The van der Waals surface area contributed by atoms with Crippen LogP contribution in [0.3, 0.4) is 0 Å². The lowest BCUT2D eigenvalue weighted by Crippen LogP contribution is -2.20. The van der Waals surface area contributed by atoms with Crippen molar-refractivity contribution in [2.24, 2.45) is 5.92 Å². The number of anilines is 2. The number of para-hydroxylation sites is 1. The molecule has 1 saturated carbocycles. The van der Waals surface area contributed by atoms with Gasteiger partial charge in [0.05, 0.1) is 23.3 Å². The zero-order valence-electron chi connectivity index (χ0n) is 19.4. The second-order valence-corrected chi connectivity index (χ2v) is 9.17. The molecule has 1 aromatic heterocycles. The Labute approximate surface area is 214 Å². The minimum Gasteiger partial charge on any atom is -0.478 e. The highest BCUT2D eigenvalue weighted by Gasteiger charge is 2.25. The monoisotopic (exact) mass is 497 g/mol. The molecule has 0 bridgehead atoms. The maximum atomic E-state index is 11.9. The van der Waals surface area contributed by atoms with Crippen molar-refractivity contribution in [3.05, 3.63) is 113 Å². The Morgan fingerprint density at radius 1 is 1.00 bits per heavy atom. The van der Waals surface area contributed by atoms with Gasteiger partial charge in [0.25, 0.3) is 0 Å². The lowest BCUT2D eigenvalue weighted by Gasteiger charge is -2.25. The first-order chi connectivity index (χ1) is 17.5. The number of pyridine rings is 1. The third-order valence-electron chi connectivity index (χ3n) is 6.06. The number of halogens is 1. The van der Waals surface area contributed by atoms with Crippen LogP contribution in [0.4, 0.5) is 11.4 Å². The average Bonchev–Trinajstić information content (AvgIpc) is 3.73. The average molecular weight is 498 g/mol. The lowest BCUT2D eigenvalue weighted by atomic mass is 10.0. The highest BCUT2D eigenvalue weighted by molar-refractivity contribution is 6.30. The molecule has 0 radical (unpaired) electrons. The third-order valence-corrected chi connectivity index (χ3v) is 6.31. The minimum atomic E-state index is -1.13. The Balaban J connectivity index is 1.39. The molecule has 0 spiro atoms. The summed E-state index contributed by atoms with van der Waals surface area (Å²) >= 11 is 6.08. The van der Waals surface area contributed by atoms with E-state index in [2.05, 4.69) is 9.88 Å². The zero-order valence-corrected chi connectivity index (χ0v) is 20.2. The van der Waals surface area contributed by atoms with E-state index in [0.717, 1.165) is 17.9 Å². The van der Waals surface area contributed by atoms with Gasteiger partial charge in [-0.1, -0.05) is 29.8 Å². The number of aromatic nitrogens is 1. The van der Waals surface area contributed by atoms with Gasteiger partial charge in [-0.15, -0.1) is 0 Å². The molecule has 1 fully saturated rings. The first-order valence-corrected chi connectivity index (χ1v) is 12.0. The summed E-state index contributed by atoms with van der Waals surface area (Å²) in [6, 6.07) is 25.2. The first kappa shape index (κ1) is 23.6. The van der Waals surface area contributed by atoms with Crippen molar-refractivity contribution >= 4 is 34.7 Å². The number of nitrogens with zero attached hydrogens (tertiary/aromatic N) is 2. The topological polar surface area (TPSA) is 86.5 Å². The van der Waals surface area contributed by atoms with E-state index in [9.17, 15) is 9.90 Å². The number of benzene rings is 3. The van der Waals surface area contributed by atoms with Crippen LogP contribution < -0.4 is 9.64 Å². The van der Waals surface area contributed by atoms with Crippen LogP contribution in [0, 0.1) is 11.3 Å². The van der Waals surface area contributed by atoms with Crippen LogP contribution in [0.5, 0.6) is 11.5 Å². The summed E-state index contributed by atoms with van der Waals surface area (Å²) in [7, 11) is 0. The second-order valence-electron chi connectivity index (χ2n) is 8.74. The zero-order chi connectivity index (χ0) is 25.1. The molecule has 4 aromatic rings. The highest BCUT2D eigenvalue weighted by Crippen LogP contribution is 2.35. The lowest BCUT2D eigenvalue weighted by molar-refractivity contribution is 0.0694. The summed E-state index contributed by atoms with van der Waals surface area (Å²) in [5, 5.41) is 19.1. The number of hydrogen-bond acceptors (Lipinski definition) is 5. The molecular formula is C29H24ClN3O3. The van der Waals surface area contributed by atoms with Crippen LogP contribution in [-0.2, 0) is 0 Å². The van der Waals surface area contributed by atoms with Crippen LogP contribution in [0.25, 0.3) is 0 Å². The molecule has 180 valence electrons. The van der Waals surface area contributed by atoms with Gasteiger partial charge in [0, 0.05) is 22.8 Å². The standard InChI is InChI=1S/C29H24ClN3O3/c30-21-9-11-22(12-10-21)33(18-19-6-7-19)23-13-14-26(32-17-23)28(31)20-8-15-27(25(16-20)29(34)35)36-24-4-2-1-3-5-24/h1-5,8-17,19,31H,6-7,18H2,(H,34,35). The first-order valence-electron chi connectivity index (χ1n) is 11.7. The summed E-state index contributed by atoms with van der Waals surface area (Å²) in [6.07, 6.45) is 4.19. The van der Waals surface area contributed by atoms with Gasteiger partial charge in [-0.05, 0) is 85.5 Å². The van der Waals surface area contributed by atoms with Gasteiger partial charge in [0.1, 0.15) is 17.1 Å². The molecule has 0 saturated heterocycles. The molecule has 7 heteroatoms. The Kier molecular flexibility index (Phi) is 6.69. The summed E-state index contributed by atoms with van der Waals surface area (Å²) in [5.41, 5.74) is 2.98. The van der Waals surface area contributed by atoms with Crippen molar-refractivity contribution in [3.63, 3.8) is 0 Å². The van der Waals surface area contributed by atoms with Gasteiger partial charge in [0.15, 0.2) is 0 Å². The van der Waals surface area contributed by atoms with Gasteiger partial charge in [0.2, 0.25) is 0 Å². The van der Waals surface area contributed by atoms with Gasteiger partial charge in [-0.2, -0.15) is 0 Å². The van der Waals surface area contributed by atoms with E-state index >= 15 is 0 Å². The van der Waals surface area contributed by atoms with E-state index in [1.807, 2.05) is 48.5 Å². The molecule has 1 aliphatic rings. The van der Waals surface area contributed by atoms with Crippen LogP contribution in [0.2, 0.25) is 5.02 Å². The molecule has 3 aromatic carbocycles. The second kappa shape index (κ2) is 10.2. The molecule has 2 N–H and O–H groups in total. The third kappa shape index (κ3) is 5.39. The predicted octanol–water partition coefficient (Wildman–Crippen LogP) is 7.19. The quantitative estimate of drug-likeness (QED) is 0.239. The van der Waals surface area contributed by atoms with Gasteiger partial charge in [-0.3, -0.25) is 10.4 Å². The number of ether oxygens (including phenoxy) is 1. The van der Waals surface area contributed by atoms with Gasteiger partial charge in [-0.25, -0.2) is 4.79 Å². The Morgan fingerprint density at radius 2 is 1.72 bits per heavy atom. The number of nitrogens with one attached hydrogen (secondary N) is 1. The minimum absolute atomic E-state index is 0.0175. The Morgan fingerprint density at radius 3 is 2.36 bits per heavy atom. The number of carbonyl (C=O) groups is 1. The van der Waals surface area contributed by atoms with Crippen molar-refractivity contribution in [3.8, 4) is 11.5 Å². The summed E-state index contributed by atoms with van der Waals surface area (Å²) < 4.78 is 5.76. The maximum absolute atomic E-state index is 11.9. The van der Waals surface area contributed by atoms with Crippen molar-refractivity contribution in [1.29, 1.82) is 5.41 Å². The normalized spacial score (nSPS) is 12.7. The van der Waals surface area contributed by atoms with E-state index in [4.69, 9.17) is 21.7 Å². The van der Waals surface area contributed by atoms with Crippen molar-refractivity contribution in [1.82, 2.24) is 4.98 Å². The fourth-order valence-electron chi connectivity index (χ4n) is 3.94. The molecule has 5 rings (SSSR count). The summed E-state index contributed by atoms with van der Waals surface area (Å²) in [5.74, 6) is 0.283. The van der Waals surface area contributed by atoms with Crippen LogP contribution >= 0.6 is 11.6 Å². The largest absolute Gasteiger partial charge is 0.478 e. The van der Waals surface area contributed by atoms with Crippen molar-refractivity contribution < 1.29 is 14.6 Å². The number of carboxylic acid groups (broad SMARTS) is 1. The molecule has 0 aliphatic heterocycles. The Hall–Kier alpha value is -4.16. The van der Waals surface area contributed by atoms with E-state index in [1.54, 1.807) is 36.5 Å². The number of hydrogen-bond donors (Lipinski definition) is 2. The molecule has 0 atom stereocenters. The van der Waals surface area contributed by atoms with E-state index < -0.39 is 5.97 Å². The summed E-state index contributed by atoms with van der Waals surface area (Å²) in [6.45, 7) is 0.894. The molecule has 0 amide bonds. The SMILES string of the molecule is N=C(c1ccc(Oc2ccccc2)c(C(=O)O)c1)c1ccc(N(CC2CC2)c2ccc(Cl)cc2)cn1. The maximum Gasteiger partial charge on any atom is 0.339 e. The van der Waals surface area contributed by atoms with Gasteiger partial charge >= 0.3 is 5.97 Å². The van der Waals surface area contributed by atoms with Crippen molar-refractivity contribution in [2.75, 3.05) is 11.4 Å². The van der Waals surface area contributed by atoms with Crippen LogP contribution in [0.15, 0.2) is 91.1 Å².